The standard InChI is InChI=1S/C23H31F2N5O/c1-15-11-21(27-18-6-4-10-30(14-18)13-17-5-3-9-26-17)28-29-22(15)19-8-7-16(12-20(19)31)23(2,24)25/h7-8,11-12,17-18,26,31H,3-6,9-10,13-14H2,1-2H3,(H,27,28)/t17?,18-/m1/s1. The minimum Gasteiger partial charge on any atom is -0.507 e. The third-order valence-corrected chi connectivity index (χ3v) is 6.24. The zero-order valence-corrected chi connectivity index (χ0v) is 18.2. The number of anilines is 1. The number of rotatable bonds is 6. The molecule has 8 heteroatoms. The van der Waals surface area contributed by atoms with Crippen molar-refractivity contribution in [3.63, 3.8) is 0 Å². The van der Waals surface area contributed by atoms with E-state index in [1.54, 1.807) is 0 Å². The number of nitrogens with one attached hydrogen (secondary N) is 2. The summed E-state index contributed by atoms with van der Waals surface area (Å²) in [5, 5.41) is 25.9. The van der Waals surface area contributed by atoms with Crippen molar-refractivity contribution in [3.05, 3.63) is 35.4 Å². The van der Waals surface area contributed by atoms with E-state index in [2.05, 4.69) is 25.7 Å². The molecular weight excluding hydrogens is 400 g/mol. The molecule has 2 aliphatic heterocycles. The predicted molar refractivity (Wildman–Crippen MR) is 118 cm³/mol. The fourth-order valence-corrected chi connectivity index (χ4v) is 4.60. The van der Waals surface area contributed by atoms with Crippen LogP contribution in [0.25, 0.3) is 11.3 Å². The van der Waals surface area contributed by atoms with E-state index in [1.807, 2.05) is 13.0 Å². The highest BCUT2D eigenvalue weighted by Gasteiger charge is 2.26. The molecule has 2 saturated heterocycles. The van der Waals surface area contributed by atoms with E-state index >= 15 is 0 Å². The summed E-state index contributed by atoms with van der Waals surface area (Å²) < 4.78 is 27.0. The number of likely N-dealkylation sites (tertiary alicyclic amines) is 1. The highest BCUT2D eigenvalue weighted by Crippen LogP contribution is 2.36. The van der Waals surface area contributed by atoms with Crippen LogP contribution in [0.15, 0.2) is 24.3 Å². The monoisotopic (exact) mass is 431 g/mol. The van der Waals surface area contributed by atoms with Crippen molar-refractivity contribution in [2.75, 3.05) is 31.5 Å². The fraction of sp³-hybridized carbons (Fsp3) is 0.565. The average Bonchev–Trinajstić information content (AvgIpc) is 3.21. The maximum absolute atomic E-state index is 13.5. The predicted octanol–water partition coefficient (Wildman–Crippen LogP) is 3.90. The van der Waals surface area contributed by atoms with Crippen molar-refractivity contribution in [2.24, 2.45) is 0 Å². The van der Waals surface area contributed by atoms with Crippen molar-refractivity contribution in [1.29, 1.82) is 0 Å². The second kappa shape index (κ2) is 9.04. The lowest BCUT2D eigenvalue weighted by atomic mass is 10.0. The number of hydrogen-bond donors (Lipinski definition) is 3. The zero-order chi connectivity index (χ0) is 22.0. The Morgan fingerprint density at radius 2 is 2.06 bits per heavy atom. The molecule has 3 heterocycles. The number of hydrogen-bond acceptors (Lipinski definition) is 6. The van der Waals surface area contributed by atoms with Gasteiger partial charge in [-0.2, -0.15) is 0 Å². The molecule has 0 saturated carbocycles. The van der Waals surface area contributed by atoms with Gasteiger partial charge in [0.1, 0.15) is 11.6 Å². The molecule has 2 aliphatic rings. The topological polar surface area (TPSA) is 73.3 Å². The number of phenols is 1. The summed E-state index contributed by atoms with van der Waals surface area (Å²) in [5.41, 5.74) is 1.49. The number of nitrogens with zero attached hydrogens (tertiary/aromatic N) is 3. The Morgan fingerprint density at radius 3 is 2.74 bits per heavy atom. The molecule has 6 nitrogen and oxygen atoms in total. The number of aryl methyl sites for hydroxylation is 1. The van der Waals surface area contributed by atoms with Gasteiger partial charge in [-0.1, -0.05) is 6.07 Å². The minimum atomic E-state index is -3.01. The highest BCUT2D eigenvalue weighted by atomic mass is 19.3. The quantitative estimate of drug-likeness (QED) is 0.644. The van der Waals surface area contributed by atoms with E-state index in [1.165, 1.54) is 25.0 Å². The first kappa shape index (κ1) is 21.9. The Labute approximate surface area is 182 Å². The summed E-state index contributed by atoms with van der Waals surface area (Å²) in [5.74, 6) is -2.53. The SMILES string of the molecule is Cc1cc(N[C@@H]2CCCN(CC3CCCN3)C2)nnc1-c1ccc(C(C)(F)F)cc1O. The normalized spacial score (nSPS) is 22.6. The number of alkyl halides is 2. The first-order valence-electron chi connectivity index (χ1n) is 11.1. The van der Waals surface area contributed by atoms with Crippen molar-refractivity contribution in [1.82, 2.24) is 20.4 Å². The smallest absolute Gasteiger partial charge is 0.270 e. The molecule has 0 radical (unpaired) electrons. The summed E-state index contributed by atoms with van der Waals surface area (Å²) in [6, 6.07) is 6.71. The fourth-order valence-electron chi connectivity index (χ4n) is 4.60. The maximum Gasteiger partial charge on any atom is 0.270 e. The van der Waals surface area contributed by atoms with Crippen LogP contribution >= 0.6 is 0 Å². The third kappa shape index (κ3) is 5.30. The molecule has 1 unspecified atom stereocenters. The van der Waals surface area contributed by atoms with Crippen molar-refractivity contribution in [2.45, 2.75) is 57.5 Å². The van der Waals surface area contributed by atoms with Crippen LogP contribution in [0.2, 0.25) is 0 Å². The van der Waals surface area contributed by atoms with Gasteiger partial charge in [-0.05, 0) is 69.5 Å². The van der Waals surface area contributed by atoms with Crippen LogP contribution in [0.5, 0.6) is 5.75 Å². The lowest BCUT2D eigenvalue weighted by Crippen LogP contribution is -2.46. The largest absolute Gasteiger partial charge is 0.507 e. The molecule has 2 atom stereocenters. The first-order valence-corrected chi connectivity index (χ1v) is 11.1. The number of aromatic hydroxyl groups is 1. The van der Waals surface area contributed by atoms with E-state index in [0.29, 0.717) is 29.2 Å². The highest BCUT2D eigenvalue weighted by molar-refractivity contribution is 5.70. The van der Waals surface area contributed by atoms with Crippen molar-refractivity contribution >= 4 is 5.82 Å². The first-order chi connectivity index (χ1) is 14.8. The van der Waals surface area contributed by atoms with Gasteiger partial charge < -0.3 is 15.7 Å². The second-order valence-corrected chi connectivity index (χ2v) is 8.92. The molecule has 0 spiro atoms. The van der Waals surface area contributed by atoms with Gasteiger partial charge >= 0.3 is 0 Å². The second-order valence-electron chi connectivity index (χ2n) is 8.92. The molecule has 3 N–H and O–H groups in total. The summed E-state index contributed by atoms with van der Waals surface area (Å²) in [7, 11) is 0. The van der Waals surface area contributed by atoms with E-state index in [9.17, 15) is 13.9 Å². The molecule has 1 aromatic heterocycles. The van der Waals surface area contributed by atoms with Crippen LogP contribution in [0.4, 0.5) is 14.6 Å². The van der Waals surface area contributed by atoms with Crippen molar-refractivity contribution in [3.8, 4) is 17.0 Å². The number of aromatic nitrogens is 2. The molecule has 31 heavy (non-hydrogen) atoms. The van der Waals surface area contributed by atoms with Gasteiger partial charge in [-0.15, -0.1) is 10.2 Å². The Kier molecular flexibility index (Phi) is 6.39. The van der Waals surface area contributed by atoms with E-state index in [0.717, 1.165) is 57.6 Å². The van der Waals surface area contributed by atoms with Crippen LogP contribution in [-0.2, 0) is 5.92 Å². The molecule has 2 fully saturated rings. The molecular formula is C23H31F2N5O. The zero-order valence-electron chi connectivity index (χ0n) is 18.2. The van der Waals surface area contributed by atoms with Gasteiger partial charge in [0.2, 0.25) is 0 Å². The number of halogens is 2. The molecule has 0 aliphatic carbocycles. The minimum absolute atomic E-state index is 0.222. The lowest BCUT2D eigenvalue weighted by Gasteiger charge is -2.34. The van der Waals surface area contributed by atoms with Gasteiger partial charge in [-0.3, -0.25) is 4.90 Å². The summed E-state index contributed by atoms with van der Waals surface area (Å²) in [6.45, 7) is 7.02. The number of piperidine rings is 1. The Balaban J connectivity index is 1.43. The molecule has 4 rings (SSSR count). The van der Waals surface area contributed by atoms with Gasteiger partial charge in [0, 0.05) is 43.2 Å². The van der Waals surface area contributed by atoms with Crippen molar-refractivity contribution < 1.29 is 13.9 Å². The van der Waals surface area contributed by atoms with Crippen LogP contribution in [-0.4, -0.2) is 58.5 Å². The average molecular weight is 432 g/mol. The van der Waals surface area contributed by atoms with Crippen LogP contribution in [0.3, 0.4) is 0 Å². The lowest BCUT2D eigenvalue weighted by molar-refractivity contribution is 0.0173. The summed E-state index contributed by atoms with van der Waals surface area (Å²) in [6.07, 6.45) is 4.76. The Hall–Kier alpha value is -2.32. The molecule has 1 aromatic carbocycles. The van der Waals surface area contributed by atoms with Gasteiger partial charge in [-0.25, -0.2) is 8.78 Å². The van der Waals surface area contributed by atoms with E-state index in [4.69, 9.17) is 0 Å². The summed E-state index contributed by atoms with van der Waals surface area (Å²) >= 11 is 0. The number of phenolic OH excluding ortho intramolecular Hbond substituents is 1. The van der Waals surface area contributed by atoms with Crippen LogP contribution in [0, 0.1) is 6.92 Å². The Bertz CT molecular complexity index is 911. The molecule has 0 bridgehead atoms. The molecule has 2 aromatic rings. The third-order valence-electron chi connectivity index (χ3n) is 6.24. The van der Waals surface area contributed by atoms with Gasteiger partial charge in [0.15, 0.2) is 0 Å². The summed E-state index contributed by atoms with van der Waals surface area (Å²) in [4.78, 5) is 2.52. The van der Waals surface area contributed by atoms with E-state index < -0.39 is 5.92 Å². The van der Waals surface area contributed by atoms with Crippen LogP contribution in [0.1, 0.15) is 43.7 Å². The Morgan fingerprint density at radius 1 is 1.23 bits per heavy atom. The molecule has 0 amide bonds. The van der Waals surface area contributed by atoms with Crippen LogP contribution < -0.4 is 10.6 Å². The van der Waals surface area contributed by atoms with Gasteiger partial charge in [0.05, 0.1) is 5.69 Å². The molecule has 168 valence electrons. The van der Waals surface area contributed by atoms with Gasteiger partial charge in [0.25, 0.3) is 5.92 Å². The van der Waals surface area contributed by atoms with E-state index in [-0.39, 0.29) is 11.3 Å². The maximum atomic E-state index is 13.5. The number of benzene rings is 1.